The van der Waals surface area contributed by atoms with E-state index in [9.17, 15) is 4.79 Å². The Morgan fingerprint density at radius 3 is 2.75 bits per heavy atom. The van der Waals surface area contributed by atoms with Gasteiger partial charge in [-0.1, -0.05) is 5.16 Å². The van der Waals surface area contributed by atoms with Crippen molar-refractivity contribution < 1.29 is 10.0 Å². The van der Waals surface area contributed by atoms with Crippen LogP contribution in [0.1, 0.15) is 6.42 Å². The summed E-state index contributed by atoms with van der Waals surface area (Å²) >= 11 is 0. The minimum atomic E-state index is -0.257. The highest BCUT2D eigenvalue weighted by atomic mass is 16.4. The summed E-state index contributed by atoms with van der Waals surface area (Å²) in [7, 11) is 0. The van der Waals surface area contributed by atoms with E-state index in [1.165, 1.54) is 0 Å². The van der Waals surface area contributed by atoms with E-state index in [4.69, 9.17) is 5.21 Å². The van der Waals surface area contributed by atoms with Gasteiger partial charge < -0.3 is 10.5 Å². The van der Waals surface area contributed by atoms with Crippen molar-refractivity contribution >= 4 is 11.6 Å². The van der Waals surface area contributed by atoms with Gasteiger partial charge in [0.15, 0.2) is 0 Å². The first-order chi connectivity index (χ1) is 3.84. The quantitative estimate of drug-likeness (QED) is 0.324. The molecular weight excluding hydrogens is 108 g/mol. The number of hydrogen-bond donors (Lipinski definition) is 2. The molecule has 0 aromatic carbocycles. The lowest BCUT2D eigenvalue weighted by molar-refractivity contribution is -0.114. The van der Waals surface area contributed by atoms with E-state index in [1.807, 2.05) is 0 Å². The SMILES string of the molecule is O=C1NCC/C1=N\O. The van der Waals surface area contributed by atoms with Crippen molar-refractivity contribution in [1.29, 1.82) is 0 Å². The van der Waals surface area contributed by atoms with Crippen molar-refractivity contribution in [2.45, 2.75) is 6.42 Å². The van der Waals surface area contributed by atoms with E-state index in [2.05, 4.69) is 10.5 Å². The Bertz CT molecular complexity index is 141. The summed E-state index contributed by atoms with van der Waals surface area (Å²) in [6, 6.07) is 0. The summed E-state index contributed by atoms with van der Waals surface area (Å²) in [5.41, 5.74) is 0.227. The molecule has 0 aromatic rings. The van der Waals surface area contributed by atoms with Gasteiger partial charge in [-0.2, -0.15) is 0 Å². The van der Waals surface area contributed by atoms with Gasteiger partial charge in [-0.25, -0.2) is 0 Å². The maximum absolute atomic E-state index is 10.4. The first-order valence-corrected chi connectivity index (χ1v) is 2.33. The molecule has 0 saturated carbocycles. The topological polar surface area (TPSA) is 61.7 Å². The van der Waals surface area contributed by atoms with Gasteiger partial charge >= 0.3 is 0 Å². The van der Waals surface area contributed by atoms with Crippen LogP contribution >= 0.6 is 0 Å². The average Bonchev–Trinajstić information content (AvgIpc) is 2.14. The van der Waals surface area contributed by atoms with Crippen LogP contribution in [0.5, 0.6) is 0 Å². The van der Waals surface area contributed by atoms with Crippen LogP contribution in [0.15, 0.2) is 5.16 Å². The summed E-state index contributed by atoms with van der Waals surface area (Å²) in [6.45, 7) is 0.595. The van der Waals surface area contributed by atoms with Crippen LogP contribution in [-0.4, -0.2) is 23.4 Å². The maximum atomic E-state index is 10.4. The fourth-order valence-corrected chi connectivity index (χ4v) is 0.605. The van der Waals surface area contributed by atoms with Gasteiger partial charge in [-0.05, 0) is 0 Å². The molecule has 44 valence electrons. The molecular formula is C4H6N2O2. The lowest BCUT2D eigenvalue weighted by Gasteiger charge is -1.82. The second-order valence-corrected chi connectivity index (χ2v) is 1.55. The van der Waals surface area contributed by atoms with Crippen molar-refractivity contribution in [3.05, 3.63) is 0 Å². The van der Waals surface area contributed by atoms with Gasteiger partial charge in [0.2, 0.25) is 0 Å². The molecule has 0 spiro atoms. The van der Waals surface area contributed by atoms with Crippen LogP contribution in [0.25, 0.3) is 0 Å². The second kappa shape index (κ2) is 1.81. The van der Waals surface area contributed by atoms with Crippen LogP contribution < -0.4 is 5.32 Å². The summed E-state index contributed by atoms with van der Waals surface area (Å²) < 4.78 is 0. The van der Waals surface area contributed by atoms with Crippen LogP contribution in [-0.2, 0) is 4.79 Å². The number of nitrogens with zero attached hydrogens (tertiary/aromatic N) is 1. The Labute approximate surface area is 46.2 Å². The molecule has 0 aromatic heterocycles. The molecule has 4 heteroatoms. The van der Waals surface area contributed by atoms with Crippen molar-refractivity contribution in [3.63, 3.8) is 0 Å². The summed E-state index contributed by atoms with van der Waals surface area (Å²) in [4.78, 5) is 10.4. The minimum Gasteiger partial charge on any atom is -0.410 e. The Hall–Kier alpha value is -1.06. The average molecular weight is 114 g/mol. The number of oxime groups is 1. The van der Waals surface area contributed by atoms with E-state index in [1.54, 1.807) is 0 Å². The third kappa shape index (κ3) is 0.641. The number of carbonyl (C=O) groups is 1. The second-order valence-electron chi connectivity index (χ2n) is 1.55. The van der Waals surface area contributed by atoms with Gasteiger partial charge in [0.25, 0.3) is 5.91 Å². The van der Waals surface area contributed by atoms with Crippen LogP contribution in [0.4, 0.5) is 0 Å². The Morgan fingerprint density at radius 2 is 2.50 bits per heavy atom. The van der Waals surface area contributed by atoms with E-state index >= 15 is 0 Å². The molecule has 2 N–H and O–H groups in total. The van der Waals surface area contributed by atoms with Gasteiger partial charge in [-0.15, -0.1) is 0 Å². The van der Waals surface area contributed by atoms with E-state index in [-0.39, 0.29) is 11.6 Å². The molecule has 1 aliphatic heterocycles. The third-order valence-electron chi connectivity index (χ3n) is 1.03. The van der Waals surface area contributed by atoms with Crippen molar-refractivity contribution in [2.24, 2.45) is 5.16 Å². The third-order valence-corrected chi connectivity index (χ3v) is 1.03. The number of carbonyl (C=O) groups excluding carboxylic acids is 1. The molecule has 4 nitrogen and oxygen atoms in total. The maximum Gasteiger partial charge on any atom is 0.269 e. The lowest BCUT2D eigenvalue weighted by Crippen LogP contribution is -2.18. The highest BCUT2D eigenvalue weighted by molar-refractivity contribution is 6.40. The zero-order valence-electron chi connectivity index (χ0n) is 4.22. The van der Waals surface area contributed by atoms with Gasteiger partial charge in [0.1, 0.15) is 5.71 Å². The number of nitrogens with one attached hydrogen (secondary N) is 1. The minimum absolute atomic E-state index is 0.227. The molecule has 0 unspecified atom stereocenters. The monoisotopic (exact) mass is 114 g/mol. The standard InChI is InChI=1S/C4H6N2O2/c7-4-3(6-8)1-2-5-4/h8H,1-2H2,(H,5,7)/b6-3+. The van der Waals surface area contributed by atoms with E-state index in [0.717, 1.165) is 0 Å². The van der Waals surface area contributed by atoms with Crippen LogP contribution in [0.2, 0.25) is 0 Å². The fraction of sp³-hybridized carbons (Fsp3) is 0.500. The molecule has 1 aliphatic rings. The highest BCUT2D eigenvalue weighted by Gasteiger charge is 2.17. The highest BCUT2D eigenvalue weighted by Crippen LogP contribution is 1.92. The van der Waals surface area contributed by atoms with Crippen LogP contribution in [0.3, 0.4) is 0 Å². The number of hydrogen-bond acceptors (Lipinski definition) is 3. The molecule has 1 heterocycles. The summed E-state index contributed by atoms with van der Waals surface area (Å²) in [6.07, 6.45) is 0.537. The first kappa shape index (κ1) is 5.08. The van der Waals surface area contributed by atoms with Crippen molar-refractivity contribution in [1.82, 2.24) is 5.32 Å². The Morgan fingerprint density at radius 1 is 1.75 bits per heavy atom. The first-order valence-electron chi connectivity index (χ1n) is 2.33. The van der Waals surface area contributed by atoms with E-state index < -0.39 is 0 Å². The molecule has 1 amide bonds. The molecule has 8 heavy (non-hydrogen) atoms. The van der Waals surface area contributed by atoms with Gasteiger partial charge in [0.05, 0.1) is 0 Å². The molecule has 0 bridgehead atoms. The largest absolute Gasteiger partial charge is 0.410 e. The Balaban J connectivity index is 2.69. The van der Waals surface area contributed by atoms with Crippen molar-refractivity contribution in [3.8, 4) is 0 Å². The number of amides is 1. The van der Waals surface area contributed by atoms with E-state index in [0.29, 0.717) is 13.0 Å². The smallest absolute Gasteiger partial charge is 0.269 e. The van der Waals surface area contributed by atoms with Gasteiger partial charge in [-0.3, -0.25) is 4.79 Å². The normalized spacial score (nSPS) is 24.0. The van der Waals surface area contributed by atoms with Crippen LogP contribution in [0, 0.1) is 0 Å². The molecule has 1 rings (SSSR count). The molecule has 0 aliphatic carbocycles. The Kier molecular flexibility index (Phi) is 1.15. The molecule has 1 saturated heterocycles. The fourth-order valence-electron chi connectivity index (χ4n) is 0.605. The molecule has 1 fully saturated rings. The number of rotatable bonds is 0. The predicted molar refractivity (Wildman–Crippen MR) is 26.8 cm³/mol. The van der Waals surface area contributed by atoms with Gasteiger partial charge in [0, 0.05) is 13.0 Å². The summed E-state index contributed by atoms with van der Waals surface area (Å²) in [5.74, 6) is -0.257. The summed E-state index contributed by atoms with van der Waals surface area (Å²) in [5, 5.41) is 13.3. The predicted octanol–water partition coefficient (Wildman–Crippen LogP) is -0.663. The lowest BCUT2D eigenvalue weighted by atomic mass is 10.3. The van der Waals surface area contributed by atoms with Crippen molar-refractivity contribution in [2.75, 3.05) is 6.54 Å². The molecule has 0 radical (unpaired) electrons. The zero-order chi connectivity index (χ0) is 5.98. The molecule has 0 atom stereocenters. The zero-order valence-corrected chi connectivity index (χ0v) is 4.22.